The molecule has 1 aromatic heterocycles. The normalized spacial score (nSPS) is 10.3. The summed E-state index contributed by atoms with van der Waals surface area (Å²) in [6, 6.07) is 13.6. The molecule has 0 aliphatic rings. The summed E-state index contributed by atoms with van der Waals surface area (Å²) in [6.07, 6.45) is 4.04. The molecule has 5 nitrogen and oxygen atoms in total. The van der Waals surface area contributed by atoms with Gasteiger partial charge in [0.05, 0.1) is 29.3 Å². The molecule has 3 rings (SSSR count). The Hall–Kier alpha value is -3.34. The highest BCUT2D eigenvalue weighted by Gasteiger charge is 2.06. The number of hydrogen-bond acceptors (Lipinski definition) is 4. The smallest absolute Gasteiger partial charge is 0.335 e. The number of carboxylic acid groups (broad SMARTS) is 1. The fraction of sp³-hybridized carbons (Fsp3) is 0. The van der Waals surface area contributed by atoms with Crippen LogP contribution in [0.25, 0.3) is 22.5 Å². The Morgan fingerprint density at radius 2 is 1.57 bits per heavy atom. The minimum Gasteiger partial charge on any atom is -0.478 e. The fourth-order valence-electron chi connectivity index (χ4n) is 2.18. The Morgan fingerprint density at radius 3 is 2.13 bits per heavy atom. The molecule has 2 aromatic carbocycles. The van der Waals surface area contributed by atoms with Crippen LogP contribution in [0, 0.1) is 0 Å². The van der Waals surface area contributed by atoms with Gasteiger partial charge in [-0.15, -0.1) is 0 Å². The number of aromatic nitrogens is 2. The van der Waals surface area contributed by atoms with Crippen molar-refractivity contribution in [2.45, 2.75) is 0 Å². The van der Waals surface area contributed by atoms with E-state index in [0.717, 1.165) is 17.4 Å². The van der Waals surface area contributed by atoms with Crippen molar-refractivity contribution in [3.8, 4) is 22.5 Å². The van der Waals surface area contributed by atoms with Gasteiger partial charge in [-0.25, -0.2) is 4.79 Å². The minimum absolute atomic E-state index is 0.226. The summed E-state index contributed by atoms with van der Waals surface area (Å²) >= 11 is 0. The number of rotatable bonds is 4. The van der Waals surface area contributed by atoms with Crippen LogP contribution in [0.3, 0.4) is 0 Å². The first kappa shape index (κ1) is 14.6. The average molecular weight is 304 g/mol. The topological polar surface area (TPSA) is 80.2 Å². The average Bonchev–Trinajstić information content (AvgIpc) is 2.62. The van der Waals surface area contributed by atoms with Gasteiger partial charge >= 0.3 is 5.97 Å². The van der Waals surface area contributed by atoms with E-state index in [0.29, 0.717) is 17.0 Å². The Labute approximate surface area is 132 Å². The quantitative estimate of drug-likeness (QED) is 0.748. The highest BCUT2D eigenvalue weighted by atomic mass is 16.4. The van der Waals surface area contributed by atoms with Crippen LogP contribution in [0.2, 0.25) is 0 Å². The van der Waals surface area contributed by atoms with Crippen molar-refractivity contribution in [1.29, 1.82) is 0 Å². The highest BCUT2D eigenvalue weighted by Crippen LogP contribution is 2.21. The number of nitrogens with zero attached hydrogens (tertiary/aromatic N) is 2. The standard InChI is InChI=1S/C18H12N2O3/c21-11-12-2-1-3-15(8-12)17-10-19-16(9-20-17)13-4-6-14(7-5-13)18(22)23/h1-11H,(H,22,23). The van der Waals surface area contributed by atoms with E-state index < -0.39 is 5.97 Å². The maximum absolute atomic E-state index is 10.8. The minimum atomic E-state index is -0.965. The number of carbonyl (C=O) groups excluding carboxylic acids is 1. The van der Waals surface area contributed by atoms with E-state index in [1.165, 1.54) is 12.1 Å². The zero-order valence-corrected chi connectivity index (χ0v) is 12.0. The lowest BCUT2D eigenvalue weighted by Crippen LogP contribution is -1.95. The van der Waals surface area contributed by atoms with Crippen molar-refractivity contribution in [1.82, 2.24) is 9.97 Å². The van der Waals surface area contributed by atoms with Gasteiger partial charge in [-0.2, -0.15) is 0 Å². The van der Waals surface area contributed by atoms with Gasteiger partial charge in [0, 0.05) is 16.7 Å². The second kappa shape index (κ2) is 6.19. The van der Waals surface area contributed by atoms with Crippen molar-refractivity contribution >= 4 is 12.3 Å². The van der Waals surface area contributed by atoms with Crippen LogP contribution in [-0.2, 0) is 0 Å². The number of aromatic carboxylic acids is 1. The SMILES string of the molecule is O=Cc1cccc(-c2cnc(-c3ccc(C(=O)O)cc3)cn2)c1. The summed E-state index contributed by atoms with van der Waals surface area (Å²) in [5, 5.41) is 8.90. The zero-order chi connectivity index (χ0) is 16.2. The molecule has 0 amide bonds. The van der Waals surface area contributed by atoms with E-state index in [4.69, 9.17) is 5.11 Å². The lowest BCUT2D eigenvalue weighted by atomic mass is 10.1. The maximum Gasteiger partial charge on any atom is 0.335 e. The Morgan fingerprint density at radius 1 is 0.913 bits per heavy atom. The first-order chi connectivity index (χ1) is 11.2. The summed E-state index contributed by atoms with van der Waals surface area (Å²) in [4.78, 5) is 30.4. The van der Waals surface area contributed by atoms with Crippen molar-refractivity contribution in [3.63, 3.8) is 0 Å². The van der Waals surface area contributed by atoms with Crippen LogP contribution < -0.4 is 0 Å². The predicted octanol–water partition coefficient (Wildman–Crippen LogP) is 3.32. The van der Waals surface area contributed by atoms with E-state index in [-0.39, 0.29) is 5.56 Å². The molecule has 112 valence electrons. The molecule has 23 heavy (non-hydrogen) atoms. The number of hydrogen-bond donors (Lipinski definition) is 1. The molecule has 0 bridgehead atoms. The number of aldehydes is 1. The van der Waals surface area contributed by atoms with E-state index in [2.05, 4.69) is 9.97 Å². The van der Waals surface area contributed by atoms with Crippen LogP contribution in [-0.4, -0.2) is 27.3 Å². The second-order valence-electron chi connectivity index (χ2n) is 4.91. The van der Waals surface area contributed by atoms with E-state index in [1.807, 2.05) is 6.07 Å². The Bertz CT molecular complexity index is 856. The van der Waals surface area contributed by atoms with Crippen LogP contribution >= 0.6 is 0 Å². The molecule has 0 unspecified atom stereocenters. The largest absolute Gasteiger partial charge is 0.478 e. The molecule has 0 radical (unpaired) electrons. The van der Waals surface area contributed by atoms with Gasteiger partial charge in [-0.3, -0.25) is 14.8 Å². The summed E-state index contributed by atoms with van der Waals surface area (Å²) in [5.74, 6) is -0.965. The molecule has 5 heteroatoms. The number of carboxylic acids is 1. The first-order valence-electron chi connectivity index (χ1n) is 6.89. The molecule has 0 spiro atoms. The molecule has 0 fully saturated rings. The highest BCUT2D eigenvalue weighted by molar-refractivity contribution is 5.88. The van der Waals surface area contributed by atoms with Gasteiger partial charge in [0.1, 0.15) is 6.29 Å². The van der Waals surface area contributed by atoms with Crippen molar-refractivity contribution in [3.05, 3.63) is 72.1 Å². The molecule has 1 N–H and O–H groups in total. The van der Waals surface area contributed by atoms with Crippen molar-refractivity contribution in [2.75, 3.05) is 0 Å². The van der Waals surface area contributed by atoms with Gasteiger partial charge in [-0.1, -0.05) is 30.3 Å². The third-order valence-corrected chi connectivity index (χ3v) is 3.40. The maximum atomic E-state index is 10.8. The molecule has 0 saturated heterocycles. The van der Waals surface area contributed by atoms with Crippen LogP contribution in [0.5, 0.6) is 0 Å². The van der Waals surface area contributed by atoms with Crippen LogP contribution in [0.1, 0.15) is 20.7 Å². The summed E-state index contributed by atoms with van der Waals surface area (Å²) in [5.41, 5.74) is 3.73. The molecule has 0 aliphatic heterocycles. The van der Waals surface area contributed by atoms with Crippen molar-refractivity contribution in [2.24, 2.45) is 0 Å². The molecular formula is C18H12N2O3. The second-order valence-corrected chi connectivity index (χ2v) is 4.91. The molecule has 0 saturated carbocycles. The van der Waals surface area contributed by atoms with Gasteiger partial charge in [0.15, 0.2) is 0 Å². The lowest BCUT2D eigenvalue weighted by Gasteiger charge is -2.04. The molecule has 0 atom stereocenters. The van der Waals surface area contributed by atoms with Gasteiger partial charge in [-0.05, 0) is 18.2 Å². The molecular weight excluding hydrogens is 292 g/mol. The summed E-state index contributed by atoms with van der Waals surface area (Å²) in [7, 11) is 0. The van der Waals surface area contributed by atoms with Crippen LogP contribution in [0.4, 0.5) is 0 Å². The zero-order valence-electron chi connectivity index (χ0n) is 12.0. The predicted molar refractivity (Wildman–Crippen MR) is 85.3 cm³/mol. The summed E-state index contributed by atoms with van der Waals surface area (Å²) in [6.45, 7) is 0. The molecule has 0 aliphatic carbocycles. The van der Waals surface area contributed by atoms with Gasteiger partial charge in [0.25, 0.3) is 0 Å². The van der Waals surface area contributed by atoms with E-state index >= 15 is 0 Å². The lowest BCUT2D eigenvalue weighted by molar-refractivity contribution is 0.0696. The van der Waals surface area contributed by atoms with Crippen LogP contribution in [0.15, 0.2) is 60.9 Å². The van der Waals surface area contributed by atoms with E-state index in [9.17, 15) is 9.59 Å². The third kappa shape index (κ3) is 3.13. The Balaban J connectivity index is 1.89. The number of benzene rings is 2. The number of carbonyl (C=O) groups is 2. The van der Waals surface area contributed by atoms with Gasteiger partial charge < -0.3 is 5.11 Å². The third-order valence-electron chi connectivity index (χ3n) is 3.40. The fourth-order valence-corrected chi connectivity index (χ4v) is 2.18. The molecule has 3 aromatic rings. The molecule has 1 heterocycles. The summed E-state index contributed by atoms with van der Waals surface area (Å²) < 4.78 is 0. The Kier molecular flexibility index (Phi) is 3.93. The van der Waals surface area contributed by atoms with E-state index in [1.54, 1.807) is 42.7 Å². The van der Waals surface area contributed by atoms with Crippen molar-refractivity contribution < 1.29 is 14.7 Å². The first-order valence-corrected chi connectivity index (χ1v) is 6.89. The monoisotopic (exact) mass is 304 g/mol. The van der Waals surface area contributed by atoms with Gasteiger partial charge in [0.2, 0.25) is 0 Å².